The Morgan fingerprint density at radius 1 is 1.10 bits per heavy atom. The molecule has 8 nitrogen and oxygen atoms in total. The van der Waals surface area contributed by atoms with Gasteiger partial charge in [0.1, 0.15) is 5.75 Å². The molecule has 0 spiro atoms. The summed E-state index contributed by atoms with van der Waals surface area (Å²) in [7, 11) is 1.50. The van der Waals surface area contributed by atoms with Gasteiger partial charge in [0, 0.05) is 42.2 Å². The smallest absolute Gasteiger partial charge is 0.340 e. The van der Waals surface area contributed by atoms with Crippen LogP contribution >= 0.6 is 0 Å². The van der Waals surface area contributed by atoms with Crippen LogP contribution in [-0.4, -0.2) is 36.1 Å². The summed E-state index contributed by atoms with van der Waals surface area (Å²) in [6.07, 6.45) is 2.99. The molecule has 0 atom stereocenters. The van der Waals surface area contributed by atoms with Crippen LogP contribution in [0.3, 0.4) is 0 Å². The maximum atomic E-state index is 12.5. The van der Waals surface area contributed by atoms with E-state index >= 15 is 0 Å². The second kappa shape index (κ2) is 10.5. The average Bonchev–Trinajstić information content (AvgIpc) is 2.95. The van der Waals surface area contributed by atoms with E-state index in [0.29, 0.717) is 34.8 Å². The lowest BCUT2D eigenvalue weighted by Gasteiger charge is -2.11. The molecular formula is C23H29N3O5. The van der Waals surface area contributed by atoms with Crippen molar-refractivity contribution in [3.63, 3.8) is 0 Å². The topological polar surface area (TPSA) is 98.7 Å². The Balaban J connectivity index is 2.30. The first-order chi connectivity index (χ1) is 14.7. The van der Waals surface area contributed by atoms with Crippen molar-refractivity contribution in [3.05, 3.63) is 46.8 Å². The number of carbonyl (C=O) groups excluding carboxylic acids is 3. The zero-order valence-electron chi connectivity index (χ0n) is 18.8. The van der Waals surface area contributed by atoms with Crippen LogP contribution in [0.4, 0.5) is 11.4 Å². The molecule has 0 fully saturated rings. The number of amides is 2. The summed E-state index contributed by atoms with van der Waals surface area (Å²) in [5.74, 6) is -0.560. The van der Waals surface area contributed by atoms with Gasteiger partial charge in [-0.3, -0.25) is 9.59 Å². The number of benzene rings is 1. The molecule has 0 radical (unpaired) electrons. The van der Waals surface area contributed by atoms with Gasteiger partial charge in [0.15, 0.2) is 0 Å². The molecule has 0 aliphatic heterocycles. The van der Waals surface area contributed by atoms with E-state index in [1.54, 1.807) is 31.2 Å². The molecule has 0 saturated carbocycles. The van der Waals surface area contributed by atoms with Crippen LogP contribution in [0.1, 0.15) is 48.1 Å². The Labute approximate surface area is 182 Å². The minimum absolute atomic E-state index is 0.251. The third-order valence-corrected chi connectivity index (χ3v) is 4.81. The fraction of sp³-hybridized carbons (Fsp3) is 0.348. The number of hydrogen-bond donors (Lipinski definition) is 2. The van der Waals surface area contributed by atoms with Crippen molar-refractivity contribution >= 4 is 35.2 Å². The number of ether oxygens (including phenoxy) is 2. The number of esters is 1. The predicted octanol–water partition coefficient (Wildman–Crippen LogP) is 3.92. The molecule has 0 aliphatic rings. The van der Waals surface area contributed by atoms with Crippen LogP contribution < -0.4 is 15.4 Å². The first kappa shape index (κ1) is 23.7. The number of hydrogen-bond acceptors (Lipinski definition) is 5. The monoisotopic (exact) mass is 427 g/mol. The normalized spacial score (nSPS) is 10.8. The lowest BCUT2D eigenvalue weighted by molar-refractivity contribution is -0.114. The highest BCUT2D eigenvalue weighted by molar-refractivity contribution is 6.04. The highest BCUT2D eigenvalue weighted by Gasteiger charge is 2.22. The van der Waals surface area contributed by atoms with Crippen molar-refractivity contribution in [2.24, 2.45) is 0 Å². The van der Waals surface area contributed by atoms with Gasteiger partial charge in [-0.2, -0.15) is 0 Å². The van der Waals surface area contributed by atoms with E-state index in [9.17, 15) is 14.4 Å². The van der Waals surface area contributed by atoms with Crippen molar-refractivity contribution < 1.29 is 23.9 Å². The molecule has 2 amide bonds. The molecule has 0 saturated heterocycles. The summed E-state index contributed by atoms with van der Waals surface area (Å²) < 4.78 is 12.4. The second-order valence-electron chi connectivity index (χ2n) is 6.84. The number of nitrogens with zero attached hydrogens (tertiary/aromatic N) is 1. The highest BCUT2D eigenvalue weighted by Crippen LogP contribution is 2.28. The van der Waals surface area contributed by atoms with E-state index in [0.717, 1.165) is 11.4 Å². The average molecular weight is 428 g/mol. The second-order valence-corrected chi connectivity index (χ2v) is 6.84. The first-order valence-electron chi connectivity index (χ1n) is 10.0. The van der Waals surface area contributed by atoms with Crippen LogP contribution in [0, 0.1) is 13.8 Å². The van der Waals surface area contributed by atoms with Crippen LogP contribution in [-0.2, 0) is 20.9 Å². The zero-order valence-corrected chi connectivity index (χ0v) is 18.8. The van der Waals surface area contributed by atoms with Gasteiger partial charge in [-0.1, -0.05) is 0 Å². The van der Waals surface area contributed by atoms with Crippen LogP contribution in [0.25, 0.3) is 6.08 Å². The Morgan fingerprint density at radius 2 is 1.81 bits per heavy atom. The van der Waals surface area contributed by atoms with Crippen molar-refractivity contribution in [3.8, 4) is 5.75 Å². The number of aromatic nitrogens is 1. The minimum atomic E-state index is -0.412. The molecule has 0 aliphatic carbocycles. The third kappa shape index (κ3) is 5.53. The summed E-state index contributed by atoms with van der Waals surface area (Å²) in [5, 5.41) is 5.41. The minimum Gasteiger partial charge on any atom is -0.495 e. The zero-order chi connectivity index (χ0) is 23.1. The summed E-state index contributed by atoms with van der Waals surface area (Å²) in [6.45, 7) is 9.87. The molecule has 0 bridgehead atoms. The maximum Gasteiger partial charge on any atom is 0.340 e. The fourth-order valence-electron chi connectivity index (χ4n) is 3.46. The number of rotatable bonds is 8. The SMILES string of the molecule is CCOC(=O)c1c(/C=C/C(=O)Nc2ccc(OC)c(NC(C)=O)c2)c(C)n(CC)c1C. The molecule has 166 valence electrons. The maximum absolute atomic E-state index is 12.5. The van der Waals surface area contributed by atoms with Crippen molar-refractivity contribution in [2.45, 2.75) is 41.2 Å². The lowest BCUT2D eigenvalue weighted by Crippen LogP contribution is -2.11. The van der Waals surface area contributed by atoms with Crippen molar-refractivity contribution in [1.82, 2.24) is 4.57 Å². The van der Waals surface area contributed by atoms with E-state index in [4.69, 9.17) is 9.47 Å². The van der Waals surface area contributed by atoms with Gasteiger partial charge in [0.25, 0.3) is 0 Å². The highest BCUT2D eigenvalue weighted by atomic mass is 16.5. The van der Waals surface area contributed by atoms with Crippen LogP contribution in [0.15, 0.2) is 24.3 Å². The first-order valence-corrected chi connectivity index (χ1v) is 10.0. The molecule has 31 heavy (non-hydrogen) atoms. The van der Waals surface area contributed by atoms with Gasteiger partial charge >= 0.3 is 5.97 Å². The molecule has 8 heteroatoms. The number of methoxy groups -OCH3 is 1. The van der Waals surface area contributed by atoms with Crippen molar-refractivity contribution in [1.29, 1.82) is 0 Å². The van der Waals surface area contributed by atoms with Crippen LogP contribution in [0.5, 0.6) is 5.75 Å². The van der Waals surface area contributed by atoms with Gasteiger partial charge in [-0.05, 0) is 52.0 Å². The van der Waals surface area contributed by atoms with Gasteiger partial charge < -0.3 is 24.7 Å². The summed E-state index contributed by atoms with van der Waals surface area (Å²) in [6, 6.07) is 4.93. The molecular weight excluding hydrogens is 398 g/mol. The van der Waals surface area contributed by atoms with Gasteiger partial charge in [-0.15, -0.1) is 0 Å². The molecule has 1 aromatic heterocycles. The lowest BCUT2D eigenvalue weighted by atomic mass is 10.1. The largest absolute Gasteiger partial charge is 0.495 e. The van der Waals surface area contributed by atoms with Crippen molar-refractivity contribution in [2.75, 3.05) is 24.4 Å². The quantitative estimate of drug-likeness (QED) is 0.491. The molecule has 2 N–H and O–H groups in total. The fourth-order valence-corrected chi connectivity index (χ4v) is 3.46. The van der Waals surface area contributed by atoms with E-state index in [1.165, 1.54) is 20.1 Å². The van der Waals surface area contributed by atoms with E-state index in [1.807, 2.05) is 25.3 Å². The summed E-state index contributed by atoms with van der Waals surface area (Å²) in [5.41, 5.74) is 3.74. The van der Waals surface area contributed by atoms with Gasteiger partial charge in [0.2, 0.25) is 11.8 Å². The Morgan fingerprint density at radius 3 is 2.39 bits per heavy atom. The van der Waals surface area contributed by atoms with E-state index < -0.39 is 5.97 Å². The predicted molar refractivity (Wildman–Crippen MR) is 120 cm³/mol. The van der Waals surface area contributed by atoms with Gasteiger partial charge in [0.05, 0.1) is 25.0 Å². The molecule has 0 unspecified atom stereocenters. The Hall–Kier alpha value is -3.55. The number of carbonyl (C=O) groups is 3. The summed E-state index contributed by atoms with van der Waals surface area (Å²) >= 11 is 0. The van der Waals surface area contributed by atoms with Crippen LogP contribution in [0.2, 0.25) is 0 Å². The number of nitrogens with one attached hydrogen (secondary N) is 2. The number of anilines is 2. The van der Waals surface area contributed by atoms with E-state index in [-0.39, 0.29) is 18.4 Å². The molecule has 2 aromatic rings. The summed E-state index contributed by atoms with van der Waals surface area (Å²) in [4.78, 5) is 36.4. The Kier molecular flexibility index (Phi) is 8.01. The standard InChI is InChI=1S/C23H29N3O5/c1-7-26-14(3)18(22(15(26)4)23(29)31-8-2)10-12-21(28)25-17-9-11-20(30-6)19(13-17)24-16(5)27/h9-13H,7-8H2,1-6H3,(H,24,27)(H,25,28)/b12-10+. The Bertz CT molecular complexity index is 1020. The molecule has 2 rings (SSSR count). The molecule has 1 aromatic carbocycles. The van der Waals surface area contributed by atoms with E-state index in [2.05, 4.69) is 10.6 Å². The van der Waals surface area contributed by atoms with Gasteiger partial charge in [-0.25, -0.2) is 4.79 Å². The third-order valence-electron chi connectivity index (χ3n) is 4.81. The molecule has 1 heterocycles.